The van der Waals surface area contributed by atoms with Gasteiger partial charge in [-0.25, -0.2) is 0 Å². The minimum atomic E-state index is 0.0132. The Morgan fingerprint density at radius 2 is 2.04 bits per heavy atom. The van der Waals surface area contributed by atoms with Gasteiger partial charge >= 0.3 is 0 Å². The third-order valence-corrected chi connectivity index (χ3v) is 5.38. The second-order valence-electron chi connectivity index (χ2n) is 7.09. The Morgan fingerprint density at radius 1 is 1.27 bits per heavy atom. The van der Waals surface area contributed by atoms with Crippen LogP contribution in [0, 0.1) is 0 Å². The molecule has 2 fully saturated rings. The van der Waals surface area contributed by atoms with Crippen LogP contribution in [0.5, 0.6) is 0 Å². The first-order valence-electron chi connectivity index (χ1n) is 9.36. The van der Waals surface area contributed by atoms with Gasteiger partial charge in [-0.15, -0.1) is 0 Å². The highest BCUT2D eigenvalue weighted by molar-refractivity contribution is 5.78. The molecule has 2 atom stereocenters. The molecule has 3 heterocycles. The first-order valence-corrected chi connectivity index (χ1v) is 9.36. The molecule has 2 saturated heterocycles. The van der Waals surface area contributed by atoms with Crippen LogP contribution in [0.2, 0.25) is 0 Å². The molecule has 1 aromatic rings. The molecule has 0 bridgehead atoms. The lowest BCUT2D eigenvalue weighted by atomic mass is 10.1. The minimum absolute atomic E-state index is 0.0132. The molecule has 1 aromatic heterocycles. The van der Waals surface area contributed by atoms with Crippen LogP contribution >= 0.6 is 0 Å². The van der Waals surface area contributed by atoms with Gasteiger partial charge in [-0.2, -0.15) is 0 Å². The molecule has 7 heteroatoms. The van der Waals surface area contributed by atoms with Gasteiger partial charge in [0.2, 0.25) is 11.8 Å². The number of pyridine rings is 1. The second kappa shape index (κ2) is 9.09. The zero-order valence-electron chi connectivity index (χ0n) is 15.4. The number of morpholine rings is 1. The number of aromatic nitrogens is 1. The standard InChI is InChI=1S/C19H28N4O3/c1-22-16(12-19(25)23-7-9-26-10-8-23)4-5-17(22)14-21-18(24)11-15-3-2-6-20-13-15/h2-3,6,13,16-17H,4-5,7-12,14H2,1H3,(H,21,24)/t16-,17+/m1/s1. The molecule has 0 aliphatic carbocycles. The Morgan fingerprint density at radius 3 is 2.77 bits per heavy atom. The lowest BCUT2D eigenvalue weighted by Crippen LogP contribution is -2.45. The highest BCUT2D eigenvalue weighted by atomic mass is 16.5. The van der Waals surface area contributed by atoms with Gasteiger partial charge in [0, 0.05) is 50.5 Å². The zero-order chi connectivity index (χ0) is 18.4. The fraction of sp³-hybridized carbons (Fsp3) is 0.632. The van der Waals surface area contributed by atoms with E-state index >= 15 is 0 Å². The molecule has 0 saturated carbocycles. The van der Waals surface area contributed by atoms with Crippen molar-refractivity contribution in [1.29, 1.82) is 0 Å². The maximum atomic E-state index is 12.4. The summed E-state index contributed by atoms with van der Waals surface area (Å²) in [5, 5.41) is 3.02. The first-order chi connectivity index (χ1) is 12.6. The van der Waals surface area contributed by atoms with Crippen molar-refractivity contribution in [3.8, 4) is 0 Å². The Hall–Kier alpha value is -1.99. The van der Waals surface area contributed by atoms with Crippen molar-refractivity contribution in [3.63, 3.8) is 0 Å². The molecular weight excluding hydrogens is 332 g/mol. The smallest absolute Gasteiger partial charge is 0.224 e. The fourth-order valence-electron chi connectivity index (χ4n) is 3.71. The van der Waals surface area contributed by atoms with E-state index in [-0.39, 0.29) is 23.9 Å². The van der Waals surface area contributed by atoms with E-state index in [4.69, 9.17) is 4.74 Å². The number of hydrogen-bond acceptors (Lipinski definition) is 5. The van der Waals surface area contributed by atoms with Crippen LogP contribution in [0.15, 0.2) is 24.5 Å². The van der Waals surface area contributed by atoms with E-state index in [0.717, 1.165) is 18.4 Å². The third kappa shape index (κ3) is 5.02. The molecule has 2 aliphatic rings. The van der Waals surface area contributed by atoms with Crippen molar-refractivity contribution >= 4 is 11.8 Å². The van der Waals surface area contributed by atoms with Gasteiger partial charge in [-0.3, -0.25) is 19.5 Å². The van der Waals surface area contributed by atoms with E-state index in [0.29, 0.717) is 45.7 Å². The first kappa shape index (κ1) is 18.8. The van der Waals surface area contributed by atoms with Crippen LogP contribution in [0.3, 0.4) is 0 Å². The van der Waals surface area contributed by atoms with Crippen molar-refractivity contribution in [2.75, 3.05) is 39.9 Å². The lowest BCUT2D eigenvalue weighted by molar-refractivity contribution is -0.136. The van der Waals surface area contributed by atoms with Crippen LogP contribution in [0.4, 0.5) is 0 Å². The second-order valence-corrected chi connectivity index (χ2v) is 7.09. The summed E-state index contributed by atoms with van der Waals surface area (Å²) in [4.78, 5) is 32.7. The van der Waals surface area contributed by atoms with Gasteiger partial charge in [-0.05, 0) is 31.5 Å². The number of ether oxygens (including phenoxy) is 1. The Kier molecular flexibility index (Phi) is 6.57. The molecule has 0 spiro atoms. The number of hydrogen-bond donors (Lipinski definition) is 1. The normalized spacial score (nSPS) is 23.8. The molecule has 0 radical (unpaired) electrons. The van der Waals surface area contributed by atoms with Crippen molar-refractivity contribution in [2.24, 2.45) is 0 Å². The predicted octanol–water partition coefficient (Wildman–Crippen LogP) is 0.452. The van der Waals surface area contributed by atoms with E-state index < -0.39 is 0 Å². The van der Waals surface area contributed by atoms with E-state index in [9.17, 15) is 9.59 Å². The van der Waals surface area contributed by atoms with Gasteiger partial charge in [0.1, 0.15) is 0 Å². The summed E-state index contributed by atoms with van der Waals surface area (Å²) in [5.74, 6) is 0.227. The van der Waals surface area contributed by atoms with Crippen LogP contribution < -0.4 is 5.32 Å². The molecule has 0 unspecified atom stereocenters. The predicted molar refractivity (Wildman–Crippen MR) is 97.5 cm³/mol. The Bertz CT molecular complexity index is 604. The van der Waals surface area contributed by atoms with Gasteiger partial charge in [0.25, 0.3) is 0 Å². The number of carbonyl (C=O) groups is 2. The summed E-state index contributed by atoms with van der Waals surface area (Å²) < 4.78 is 5.31. The average molecular weight is 360 g/mol. The molecule has 26 heavy (non-hydrogen) atoms. The van der Waals surface area contributed by atoms with E-state index in [1.807, 2.05) is 17.0 Å². The van der Waals surface area contributed by atoms with E-state index in [2.05, 4.69) is 22.2 Å². The lowest BCUT2D eigenvalue weighted by Gasteiger charge is -2.30. The number of rotatable bonds is 6. The topological polar surface area (TPSA) is 74.8 Å². The van der Waals surface area contributed by atoms with E-state index in [1.165, 1.54) is 0 Å². The molecule has 2 amide bonds. The van der Waals surface area contributed by atoms with Crippen LogP contribution in [-0.4, -0.2) is 78.6 Å². The summed E-state index contributed by atoms with van der Waals surface area (Å²) in [7, 11) is 2.06. The summed E-state index contributed by atoms with van der Waals surface area (Å²) in [5.41, 5.74) is 0.916. The number of carbonyl (C=O) groups excluding carboxylic acids is 2. The number of likely N-dealkylation sites (N-methyl/N-ethyl adjacent to an activating group) is 1. The van der Waals surface area contributed by atoms with Crippen molar-refractivity contribution < 1.29 is 14.3 Å². The molecule has 7 nitrogen and oxygen atoms in total. The van der Waals surface area contributed by atoms with Crippen molar-refractivity contribution in [3.05, 3.63) is 30.1 Å². The minimum Gasteiger partial charge on any atom is -0.378 e. The summed E-state index contributed by atoms with van der Waals surface area (Å²) in [6.07, 6.45) is 6.32. The largest absolute Gasteiger partial charge is 0.378 e. The SMILES string of the molecule is CN1[C@@H](CC(=O)N2CCOCC2)CC[C@H]1CNC(=O)Cc1cccnc1. The highest BCUT2D eigenvalue weighted by Crippen LogP contribution is 2.25. The summed E-state index contributed by atoms with van der Waals surface area (Å²) in [6, 6.07) is 4.28. The Balaban J connectivity index is 1.41. The Labute approximate surface area is 154 Å². The van der Waals surface area contributed by atoms with Gasteiger partial charge < -0.3 is 15.0 Å². The van der Waals surface area contributed by atoms with Crippen molar-refractivity contribution in [2.45, 2.75) is 37.8 Å². The maximum absolute atomic E-state index is 12.4. The van der Waals surface area contributed by atoms with Crippen LogP contribution in [-0.2, 0) is 20.7 Å². The number of likely N-dealkylation sites (tertiary alicyclic amines) is 1. The summed E-state index contributed by atoms with van der Waals surface area (Å²) >= 11 is 0. The monoisotopic (exact) mass is 360 g/mol. The third-order valence-electron chi connectivity index (χ3n) is 5.38. The fourth-order valence-corrected chi connectivity index (χ4v) is 3.71. The number of nitrogens with one attached hydrogen (secondary N) is 1. The molecule has 3 rings (SSSR count). The highest BCUT2D eigenvalue weighted by Gasteiger charge is 2.33. The van der Waals surface area contributed by atoms with Crippen LogP contribution in [0.25, 0.3) is 0 Å². The van der Waals surface area contributed by atoms with Gasteiger partial charge in [-0.1, -0.05) is 6.07 Å². The van der Waals surface area contributed by atoms with E-state index in [1.54, 1.807) is 12.4 Å². The van der Waals surface area contributed by atoms with Crippen molar-refractivity contribution in [1.82, 2.24) is 20.1 Å². The number of amides is 2. The quantitative estimate of drug-likeness (QED) is 0.797. The molecule has 142 valence electrons. The maximum Gasteiger partial charge on any atom is 0.224 e. The zero-order valence-corrected chi connectivity index (χ0v) is 15.4. The average Bonchev–Trinajstić information content (AvgIpc) is 3.01. The number of nitrogens with zero attached hydrogens (tertiary/aromatic N) is 3. The molecule has 0 aromatic carbocycles. The van der Waals surface area contributed by atoms with Crippen LogP contribution in [0.1, 0.15) is 24.8 Å². The van der Waals surface area contributed by atoms with Gasteiger partial charge in [0.15, 0.2) is 0 Å². The molecule has 2 aliphatic heterocycles. The molecule has 1 N–H and O–H groups in total. The molecular formula is C19H28N4O3. The summed E-state index contributed by atoms with van der Waals surface area (Å²) in [6.45, 7) is 3.29. The van der Waals surface area contributed by atoms with Gasteiger partial charge in [0.05, 0.1) is 19.6 Å².